The molecule has 2 aromatic carbocycles. The van der Waals surface area contributed by atoms with Crippen molar-refractivity contribution in [2.75, 3.05) is 0 Å². The van der Waals surface area contributed by atoms with Crippen molar-refractivity contribution in [2.45, 2.75) is 79.7 Å². The minimum Gasteiger partial charge on any atom is -0.167 e. The standard InChI is InChI=1S/C25H32BF3S2/c1-23(2,3)30-21-13-9-19(10-14-21)26(18-8-7-17-25(27,28)29)20-11-15-22(16-12-20)31-24(4,5)6/h7,9-17H,8,18H2,1-6H3. The van der Waals surface area contributed by atoms with Gasteiger partial charge in [0.05, 0.1) is 0 Å². The highest BCUT2D eigenvalue weighted by molar-refractivity contribution is 8.00. The summed E-state index contributed by atoms with van der Waals surface area (Å²) in [5.41, 5.74) is 2.27. The zero-order chi connectivity index (χ0) is 23.3. The number of rotatable bonds is 7. The van der Waals surface area contributed by atoms with E-state index in [-0.39, 0.29) is 16.2 Å². The molecule has 0 amide bonds. The lowest BCUT2D eigenvalue weighted by Gasteiger charge is -2.20. The Bertz CT molecular complexity index is 783. The Morgan fingerprint density at radius 3 is 1.42 bits per heavy atom. The highest BCUT2D eigenvalue weighted by Gasteiger charge is 2.23. The molecule has 2 aromatic rings. The molecular formula is C25H32BF3S2. The molecule has 0 unspecified atom stereocenters. The predicted molar refractivity (Wildman–Crippen MR) is 134 cm³/mol. The van der Waals surface area contributed by atoms with Crippen molar-refractivity contribution in [3.63, 3.8) is 0 Å². The molecule has 0 aliphatic carbocycles. The molecule has 0 aromatic heterocycles. The SMILES string of the molecule is CC(C)(C)Sc1ccc(B(CCC=CC(F)(F)F)c2ccc(SC(C)(C)C)cc2)cc1. The Hall–Kier alpha value is -1.27. The van der Waals surface area contributed by atoms with Crippen molar-refractivity contribution in [3.8, 4) is 0 Å². The molecule has 0 atom stereocenters. The van der Waals surface area contributed by atoms with Gasteiger partial charge in [-0.15, -0.1) is 23.5 Å². The number of halogens is 3. The van der Waals surface area contributed by atoms with Crippen LogP contribution >= 0.6 is 23.5 Å². The fourth-order valence-electron chi connectivity index (χ4n) is 3.25. The van der Waals surface area contributed by atoms with Crippen LogP contribution in [0.3, 0.4) is 0 Å². The summed E-state index contributed by atoms with van der Waals surface area (Å²) in [5.74, 6) is 0. The van der Waals surface area contributed by atoms with Crippen LogP contribution in [-0.2, 0) is 0 Å². The lowest BCUT2D eigenvalue weighted by Crippen LogP contribution is -2.41. The minimum atomic E-state index is -4.26. The van der Waals surface area contributed by atoms with Gasteiger partial charge in [0, 0.05) is 25.4 Å². The van der Waals surface area contributed by atoms with E-state index in [4.69, 9.17) is 0 Å². The molecule has 0 radical (unpaired) electrons. The molecule has 0 bridgehead atoms. The quantitative estimate of drug-likeness (QED) is 0.235. The van der Waals surface area contributed by atoms with Gasteiger partial charge in [-0.25, -0.2) is 0 Å². The van der Waals surface area contributed by atoms with Gasteiger partial charge in [-0.2, -0.15) is 13.2 Å². The first-order valence-corrected chi connectivity index (χ1v) is 12.2. The maximum Gasteiger partial charge on any atom is 0.409 e. The van der Waals surface area contributed by atoms with Crippen LogP contribution in [0.4, 0.5) is 13.2 Å². The number of hydrogen-bond donors (Lipinski definition) is 0. The fraction of sp³-hybridized carbons (Fsp3) is 0.440. The zero-order valence-electron chi connectivity index (χ0n) is 19.2. The molecule has 0 aliphatic rings. The molecule has 31 heavy (non-hydrogen) atoms. The lowest BCUT2D eigenvalue weighted by molar-refractivity contribution is -0.0800. The second kappa shape index (κ2) is 10.6. The van der Waals surface area contributed by atoms with Crippen LogP contribution in [0, 0.1) is 0 Å². The number of hydrogen-bond acceptors (Lipinski definition) is 2. The highest BCUT2D eigenvalue weighted by atomic mass is 32.2. The lowest BCUT2D eigenvalue weighted by atomic mass is 9.38. The van der Waals surface area contributed by atoms with Gasteiger partial charge in [-0.3, -0.25) is 0 Å². The maximum atomic E-state index is 12.5. The topological polar surface area (TPSA) is 0 Å². The third kappa shape index (κ3) is 10.3. The van der Waals surface area contributed by atoms with Crippen LogP contribution in [0.15, 0.2) is 70.5 Å². The summed E-state index contributed by atoms with van der Waals surface area (Å²) >= 11 is 3.62. The molecule has 6 heteroatoms. The second-order valence-electron chi connectivity index (χ2n) is 9.64. The molecule has 0 fully saturated rings. The van der Waals surface area contributed by atoms with Crippen LogP contribution in [0.5, 0.6) is 0 Å². The van der Waals surface area contributed by atoms with Crippen molar-refractivity contribution >= 4 is 41.2 Å². The minimum absolute atomic E-state index is 0.0558. The van der Waals surface area contributed by atoms with Crippen LogP contribution < -0.4 is 10.9 Å². The molecule has 0 saturated carbocycles. The van der Waals surface area contributed by atoms with Crippen molar-refractivity contribution in [1.29, 1.82) is 0 Å². The smallest absolute Gasteiger partial charge is 0.167 e. The van der Waals surface area contributed by atoms with E-state index in [1.165, 1.54) is 15.9 Å². The van der Waals surface area contributed by atoms with Crippen molar-refractivity contribution < 1.29 is 13.2 Å². The van der Waals surface area contributed by atoms with E-state index in [2.05, 4.69) is 90.1 Å². The van der Waals surface area contributed by atoms with Crippen molar-refractivity contribution in [2.24, 2.45) is 0 Å². The first kappa shape index (κ1) is 26.0. The van der Waals surface area contributed by atoms with E-state index in [1.807, 2.05) is 23.5 Å². The summed E-state index contributed by atoms with van der Waals surface area (Å²) in [6, 6.07) is 16.9. The van der Waals surface area contributed by atoms with Gasteiger partial charge >= 0.3 is 6.18 Å². The van der Waals surface area contributed by atoms with Crippen LogP contribution in [0.25, 0.3) is 0 Å². The van der Waals surface area contributed by atoms with Gasteiger partial charge in [0.25, 0.3) is 0 Å². The molecule has 0 aliphatic heterocycles. The zero-order valence-corrected chi connectivity index (χ0v) is 20.8. The summed E-state index contributed by atoms with van der Waals surface area (Å²) in [6.07, 6.45) is -1.67. The van der Waals surface area contributed by atoms with Gasteiger partial charge in [0.15, 0.2) is 0 Å². The van der Waals surface area contributed by atoms with E-state index in [1.54, 1.807) is 0 Å². The van der Waals surface area contributed by atoms with Gasteiger partial charge < -0.3 is 0 Å². The first-order valence-electron chi connectivity index (χ1n) is 10.5. The third-order valence-corrected chi connectivity index (χ3v) is 6.58. The first-order chi connectivity index (χ1) is 14.2. The summed E-state index contributed by atoms with van der Waals surface area (Å²) in [7, 11) is 0. The molecule has 0 heterocycles. The Labute approximate surface area is 194 Å². The van der Waals surface area contributed by atoms with Gasteiger partial charge in [-0.05, 0) is 30.7 Å². The van der Waals surface area contributed by atoms with E-state index >= 15 is 0 Å². The maximum absolute atomic E-state index is 12.5. The van der Waals surface area contributed by atoms with E-state index < -0.39 is 6.18 Å². The summed E-state index contributed by atoms with van der Waals surface area (Å²) in [5, 5.41) is 0. The van der Waals surface area contributed by atoms with E-state index in [0.29, 0.717) is 18.8 Å². The number of benzene rings is 2. The monoisotopic (exact) mass is 464 g/mol. The highest BCUT2D eigenvalue weighted by Crippen LogP contribution is 2.32. The molecule has 168 valence electrons. The largest absolute Gasteiger partial charge is 0.409 e. The average molecular weight is 464 g/mol. The summed E-state index contributed by atoms with van der Waals surface area (Å²) < 4.78 is 37.7. The molecule has 0 saturated heterocycles. The summed E-state index contributed by atoms with van der Waals surface area (Å²) in [6.45, 7) is 13.1. The van der Waals surface area contributed by atoms with Crippen LogP contribution in [0.1, 0.15) is 48.0 Å². The van der Waals surface area contributed by atoms with Gasteiger partial charge in [0.2, 0.25) is 6.71 Å². The second-order valence-corrected chi connectivity index (χ2v) is 13.4. The number of thioether (sulfide) groups is 2. The Morgan fingerprint density at radius 2 is 1.10 bits per heavy atom. The van der Waals surface area contributed by atoms with Gasteiger partial charge in [-0.1, -0.05) is 89.1 Å². The molecule has 0 nitrogen and oxygen atoms in total. The number of alkyl halides is 3. The summed E-state index contributed by atoms with van der Waals surface area (Å²) in [4.78, 5) is 2.40. The Balaban J connectivity index is 2.25. The van der Waals surface area contributed by atoms with Crippen LogP contribution in [-0.4, -0.2) is 22.4 Å². The molecule has 2 rings (SSSR count). The molecule has 0 spiro atoms. The van der Waals surface area contributed by atoms with E-state index in [0.717, 1.165) is 10.9 Å². The fourth-order valence-corrected chi connectivity index (χ4v) is 5.21. The average Bonchev–Trinajstić information content (AvgIpc) is 2.60. The number of allylic oxidation sites excluding steroid dienone is 2. The Kier molecular flexibility index (Phi) is 8.86. The molecular weight excluding hydrogens is 432 g/mol. The molecule has 0 N–H and O–H groups in total. The van der Waals surface area contributed by atoms with E-state index in [9.17, 15) is 13.2 Å². The van der Waals surface area contributed by atoms with Crippen molar-refractivity contribution in [3.05, 3.63) is 60.7 Å². The van der Waals surface area contributed by atoms with Crippen LogP contribution in [0.2, 0.25) is 6.32 Å². The normalized spacial score (nSPS) is 13.1. The van der Waals surface area contributed by atoms with Crippen molar-refractivity contribution in [1.82, 2.24) is 0 Å². The van der Waals surface area contributed by atoms with Gasteiger partial charge in [0.1, 0.15) is 0 Å². The third-order valence-electron chi connectivity index (χ3n) is 4.34. The Morgan fingerprint density at radius 1 is 0.710 bits per heavy atom. The predicted octanol–water partition coefficient (Wildman–Crippen LogP) is 7.59.